The van der Waals surface area contributed by atoms with Crippen LogP contribution in [-0.4, -0.2) is 19.5 Å². The number of sulfonamides is 1. The summed E-state index contributed by atoms with van der Waals surface area (Å²) in [5, 5.41) is 8.63. The van der Waals surface area contributed by atoms with E-state index in [0.717, 1.165) is 10.0 Å². The zero-order valence-corrected chi connectivity index (χ0v) is 13.9. The van der Waals surface area contributed by atoms with Crippen LogP contribution in [-0.2, 0) is 21.2 Å². The SMILES string of the molecule is O=C(O)CCc1ccc(S(=O)(=O)Nc2ccc(Br)cc2)cc1. The average molecular weight is 384 g/mol. The van der Waals surface area contributed by atoms with Gasteiger partial charge in [-0.05, 0) is 48.4 Å². The predicted molar refractivity (Wildman–Crippen MR) is 87.3 cm³/mol. The van der Waals surface area contributed by atoms with Crippen LogP contribution in [0.25, 0.3) is 0 Å². The molecule has 0 amide bonds. The minimum absolute atomic E-state index is 0.0171. The number of carbonyl (C=O) groups is 1. The molecule has 22 heavy (non-hydrogen) atoms. The Morgan fingerprint density at radius 3 is 2.18 bits per heavy atom. The van der Waals surface area contributed by atoms with Gasteiger partial charge in [0.1, 0.15) is 0 Å². The van der Waals surface area contributed by atoms with Crippen LogP contribution in [0.4, 0.5) is 5.69 Å². The van der Waals surface area contributed by atoms with E-state index in [2.05, 4.69) is 20.7 Å². The number of anilines is 1. The van der Waals surface area contributed by atoms with E-state index in [1.54, 1.807) is 36.4 Å². The molecule has 0 heterocycles. The van der Waals surface area contributed by atoms with Gasteiger partial charge in [-0.25, -0.2) is 8.42 Å². The fraction of sp³-hybridized carbons (Fsp3) is 0.133. The Kier molecular flexibility index (Phi) is 5.20. The van der Waals surface area contributed by atoms with Crippen LogP contribution in [0.2, 0.25) is 0 Å². The van der Waals surface area contributed by atoms with E-state index in [4.69, 9.17) is 5.11 Å². The highest BCUT2D eigenvalue weighted by Gasteiger charge is 2.14. The smallest absolute Gasteiger partial charge is 0.303 e. The van der Waals surface area contributed by atoms with Crippen molar-refractivity contribution < 1.29 is 18.3 Å². The van der Waals surface area contributed by atoms with Crippen LogP contribution in [0.5, 0.6) is 0 Å². The predicted octanol–water partition coefficient (Wildman–Crippen LogP) is 3.27. The summed E-state index contributed by atoms with van der Waals surface area (Å²) in [5.74, 6) is -0.881. The molecule has 0 aliphatic heterocycles. The minimum Gasteiger partial charge on any atom is -0.481 e. The maximum Gasteiger partial charge on any atom is 0.303 e. The number of halogens is 1. The second kappa shape index (κ2) is 6.93. The quantitative estimate of drug-likeness (QED) is 0.801. The normalized spacial score (nSPS) is 11.1. The minimum atomic E-state index is -3.66. The fourth-order valence-electron chi connectivity index (χ4n) is 1.82. The number of aliphatic carboxylic acids is 1. The van der Waals surface area contributed by atoms with Crippen LogP contribution in [0, 0.1) is 0 Å². The van der Waals surface area contributed by atoms with Crippen LogP contribution < -0.4 is 4.72 Å². The summed E-state index contributed by atoms with van der Waals surface area (Å²) in [5.41, 5.74) is 1.25. The number of rotatable bonds is 6. The van der Waals surface area contributed by atoms with Crippen molar-refractivity contribution in [3.8, 4) is 0 Å². The molecular formula is C15H14BrNO4S. The third kappa shape index (κ3) is 4.57. The van der Waals surface area contributed by atoms with Gasteiger partial charge in [0.05, 0.1) is 4.90 Å². The molecule has 5 nitrogen and oxygen atoms in total. The van der Waals surface area contributed by atoms with Gasteiger partial charge in [0.2, 0.25) is 0 Å². The molecule has 0 aliphatic carbocycles. The summed E-state index contributed by atoms with van der Waals surface area (Å²) in [6, 6.07) is 13.0. The molecule has 0 aliphatic rings. The van der Waals surface area contributed by atoms with Gasteiger partial charge in [-0.15, -0.1) is 0 Å². The zero-order chi connectivity index (χ0) is 16.2. The highest BCUT2D eigenvalue weighted by Crippen LogP contribution is 2.19. The molecule has 116 valence electrons. The first-order valence-corrected chi connectivity index (χ1v) is 8.73. The lowest BCUT2D eigenvalue weighted by Crippen LogP contribution is -2.12. The molecule has 2 rings (SSSR count). The van der Waals surface area contributed by atoms with Gasteiger partial charge in [0.25, 0.3) is 10.0 Å². The van der Waals surface area contributed by atoms with Gasteiger partial charge in [-0.3, -0.25) is 9.52 Å². The van der Waals surface area contributed by atoms with E-state index in [9.17, 15) is 13.2 Å². The van der Waals surface area contributed by atoms with Crippen molar-refractivity contribution >= 4 is 37.6 Å². The molecule has 0 bridgehead atoms. The molecular weight excluding hydrogens is 370 g/mol. The Balaban J connectivity index is 2.12. The number of hydrogen-bond acceptors (Lipinski definition) is 3. The number of aryl methyl sites for hydroxylation is 1. The number of carboxylic acids is 1. The van der Waals surface area contributed by atoms with Crippen molar-refractivity contribution in [1.29, 1.82) is 0 Å². The standard InChI is InChI=1S/C15H14BrNO4S/c16-12-4-6-13(7-5-12)17-22(20,21)14-8-1-11(2-9-14)3-10-15(18)19/h1-2,4-9,17H,3,10H2,(H,18,19). The van der Waals surface area contributed by atoms with Crippen LogP contribution in [0.15, 0.2) is 57.9 Å². The van der Waals surface area contributed by atoms with E-state index < -0.39 is 16.0 Å². The number of benzene rings is 2. The molecule has 0 aromatic heterocycles. The highest BCUT2D eigenvalue weighted by molar-refractivity contribution is 9.10. The summed E-state index contributed by atoms with van der Waals surface area (Å²) >= 11 is 3.28. The van der Waals surface area contributed by atoms with E-state index in [0.29, 0.717) is 12.1 Å². The van der Waals surface area contributed by atoms with Crippen LogP contribution in [0.3, 0.4) is 0 Å². The molecule has 0 saturated carbocycles. The van der Waals surface area contributed by atoms with E-state index in [1.807, 2.05) is 0 Å². The zero-order valence-electron chi connectivity index (χ0n) is 11.5. The molecule has 0 fully saturated rings. The Bertz CT molecular complexity index is 755. The topological polar surface area (TPSA) is 83.5 Å². The van der Waals surface area contributed by atoms with Gasteiger partial charge in [0, 0.05) is 16.6 Å². The van der Waals surface area contributed by atoms with E-state index in [-0.39, 0.29) is 11.3 Å². The van der Waals surface area contributed by atoms with Crippen LogP contribution in [0.1, 0.15) is 12.0 Å². The summed E-state index contributed by atoms with van der Waals surface area (Å²) in [7, 11) is -3.66. The summed E-state index contributed by atoms with van der Waals surface area (Å²) in [4.78, 5) is 10.7. The lowest BCUT2D eigenvalue weighted by atomic mass is 10.1. The highest BCUT2D eigenvalue weighted by atomic mass is 79.9. The Hall–Kier alpha value is -1.86. The summed E-state index contributed by atoms with van der Waals surface area (Å²) < 4.78 is 27.8. The van der Waals surface area contributed by atoms with Crippen molar-refractivity contribution in [1.82, 2.24) is 0 Å². The Morgan fingerprint density at radius 1 is 1.05 bits per heavy atom. The van der Waals surface area contributed by atoms with Crippen molar-refractivity contribution in [3.05, 3.63) is 58.6 Å². The van der Waals surface area contributed by atoms with E-state index >= 15 is 0 Å². The van der Waals surface area contributed by atoms with Crippen molar-refractivity contribution in [2.45, 2.75) is 17.7 Å². The van der Waals surface area contributed by atoms with Crippen LogP contribution >= 0.6 is 15.9 Å². The van der Waals surface area contributed by atoms with E-state index in [1.165, 1.54) is 12.1 Å². The Labute approximate surface area is 137 Å². The van der Waals surface area contributed by atoms with Crippen molar-refractivity contribution in [2.75, 3.05) is 4.72 Å². The Morgan fingerprint density at radius 2 is 1.64 bits per heavy atom. The van der Waals surface area contributed by atoms with Gasteiger partial charge < -0.3 is 5.11 Å². The maximum atomic E-state index is 12.2. The first kappa shape index (κ1) is 16.5. The largest absolute Gasteiger partial charge is 0.481 e. The first-order valence-electron chi connectivity index (χ1n) is 6.46. The summed E-state index contributed by atoms with van der Waals surface area (Å²) in [6.45, 7) is 0. The lowest BCUT2D eigenvalue weighted by Gasteiger charge is -2.09. The molecule has 7 heteroatoms. The second-order valence-corrected chi connectivity index (χ2v) is 7.25. The van der Waals surface area contributed by atoms with Gasteiger partial charge >= 0.3 is 5.97 Å². The second-order valence-electron chi connectivity index (χ2n) is 4.65. The first-order chi connectivity index (χ1) is 10.4. The molecule has 2 aromatic rings. The molecule has 0 spiro atoms. The van der Waals surface area contributed by atoms with Gasteiger partial charge in [-0.2, -0.15) is 0 Å². The summed E-state index contributed by atoms with van der Waals surface area (Å²) in [6.07, 6.45) is 0.388. The number of carboxylic acid groups (broad SMARTS) is 1. The molecule has 0 saturated heterocycles. The molecule has 0 radical (unpaired) electrons. The van der Waals surface area contributed by atoms with Crippen molar-refractivity contribution in [2.24, 2.45) is 0 Å². The lowest BCUT2D eigenvalue weighted by molar-refractivity contribution is -0.136. The third-order valence-corrected chi connectivity index (χ3v) is 4.88. The number of nitrogens with one attached hydrogen (secondary N) is 1. The van der Waals surface area contributed by atoms with Gasteiger partial charge in [0.15, 0.2) is 0 Å². The van der Waals surface area contributed by atoms with Crippen molar-refractivity contribution in [3.63, 3.8) is 0 Å². The molecule has 0 unspecified atom stereocenters. The number of hydrogen-bond donors (Lipinski definition) is 2. The molecule has 2 aromatic carbocycles. The van der Waals surface area contributed by atoms with Gasteiger partial charge in [-0.1, -0.05) is 28.1 Å². The molecule has 0 atom stereocenters. The third-order valence-electron chi connectivity index (χ3n) is 2.96. The monoisotopic (exact) mass is 383 g/mol. The maximum absolute atomic E-state index is 12.2. The molecule has 2 N–H and O–H groups in total. The average Bonchev–Trinajstić information content (AvgIpc) is 2.48. The fourth-order valence-corrected chi connectivity index (χ4v) is 3.14.